The molecule has 0 amide bonds. The number of aliphatic imine (C=N–C) groups is 1. The van der Waals surface area contributed by atoms with Gasteiger partial charge in [0.15, 0.2) is 5.96 Å². The maximum Gasteiger partial charge on any atom is 0.194 e. The summed E-state index contributed by atoms with van der Waals surface area (Å²) in [4.78, 5) is 7.32. The highest BCUT2D eigenvalue weighted by atomic mass is 127. The van der Waals surface area contributed by atoms with E-state index in [2.05, 4.69) is 49.2 Å². The van der Waals surface area contributed by atoms with E-state index in [0.29, 0.717) is 5.41 Å². The molecule has 1 N–H and O–H groups in total. The Morgan fingerprint density at radius 3 is 2.83 bits per heavy atom. The summed E-state index contributed by atoms with van der Waals surface area (Å²) in [6.07, 6.45) is 2.42. The van der Waals surface area contributed by atoms with E-state index >= 15 is 0 Å². The molecule has 2 fully saturated rings. The van der Waals surface area contributed by atoms with Gasteiger partial charge in [-0.2, -0.15) is 0 Å². The smallest absolute Gasteiger partial charge is 0.194 e. The number of guanidine groups is 1. The van der Waals surface area contributed by atoms with Crippen LogP contribution < -0.4 is 5.32 Å². The van der Waals surface area contributed by atoms with Crippen LogP contribution in [0.4, 0.5) is 0 Å². The average Bonchev–Trinajstić information content (AvgIpc) is 3.16. The van der Waals surface area contributed by atoms with Gasteiger partial charge in [-0.25, -0.2) is 4.99 Å². The Hall–Kier alpha value is -0.820. The van der Waals surface area contributed by atoms with Gasteiger partial charge in [0.1, 0.15) is 0 Å². The molecule has 1 spiro atoms. The van der Waals surface area contributed by atoms with Gasteiger partial charge in [-0.05, 0) is 44.7 Å². The fourth-order valence-electron chi connectivity index (χ4n) is 3.70. The zero-order chi connectivity index (χ0) is 16.3. The van der Waals surface area contributed by atoms with Crippen LogP contribution in [-0.2, 0) is 11.3 Å². The summed E-state index contributed by atoms with van der Waals surface area (Å²) in [6, 6.07) is 6.61. The minimum Gasteiger partial charge on any atom is -0.381 e. The Bertz CT molecular complexity index is 582. The van der Waals surface area contributed by atoms with Crippen molar-refractivity contribution in [3.05, 3.63) is 34.9 Å². The fraction of sp³-hybridized carbons (Fsp3) is 0.632. The van der Waals surface area contributed by atoms with Crippen molar-refractivity contribution in [2.45, 2.75) is 40.2 Å². The Balaban J connectivity index is 0.00000208. The number of rotatable bonds is 3. The molecule has 0 saturated carbocycles. The summed E-state index contributed by atoms with van der Waals surface area (Å²) in [5.41, 5.74) is 4.32. The number of likely N-dealkylation sites (tertiary alicyclic amines) is 1. The molecule has 24 heavy (non-hydrogen) atoms. The molecule has 0 radical (unpaired) electrons. The lowest BCUT2D eigenvalue weighted by molar-refractivity contribution is 0.156. The molecule has 134 valence electrons. The van der Waals surface area contributed by atoms with E-state index in [1.807, 2.05) is 0 Å². The van der Waals surface area contributed by atoms with Crippen molar-refractivity contribution in [3.8, 4) is 0 Å². The minimum atomic E-state index is 0. The Morgan fingerprint density at radius 2 is 2.17 bits per heavy atom. The van der Waals surface area contributed by atoms with Crippen LogP contribution in [0, 0.1) is 19.3 Å². The molecule has 4 nitrogen and oxygen atoms in total. The van der Waals surface area contributed by atoms with Crippen molar-refractivity contribution in [2.24, 2.45) is 10.4 Å². The van der Waals surface area contributed by atoms with Crippen molar-refractivity contribution >= 4 is 29.9 Å². The first kappa shape index (κ1) is 19.5. The molecule has 3 rings (SSSR count). The third-order valence-electron chi connectivity index (χ3n) is 5.15. The predicted molar refractivity (Wildman–Crippen MR) is 110 cm³/mol. The molecule has 2 aliphatic rings. The van der Waals surface area contributed by atoms with Gasteiger partial charge in [0.25, 0.3) is 0 Å². The quantitative estimate of drug-likeness (QED) is 0.442. The molecule has 1 unspecified atom stereocenters. The van der Waals surface area contributed by atoms with E-state index in [0.717, 1.165) is 45.4 Å². The number of benzene rings is 1. The van der Waals surface area contributed by atoms with Crippen LogP contribution in [0.15, 0.2) is 23.2 Å². The number of nitrogens with zero attached hydrogens (tertiary/aromatic N) is 2. The Kier molecular flexibility index (Phi) is 6.92. The highest BCUT2D eigenvalue weighted by Crippen LogP contribution is 2.38. The van der Waals surface area contributed by atoms with Crippen molar-refractivity contribution in [2.75, 3.05) is 32.8 Å². The second kappa shape index (κ2) is 8.52. The molecule has 1 atom stereocenters. The van der Waals surface area contributed by atoms with Gasteiger partial charge < -0.3 is 15.0 Å². The molecule has 2 saturated heterocycles. The number of aryl methyl sites for hydroxylation is 2. The number of halogens is 1. The van der Waals surface area contributed by atoms with Crippen molar-refractivity contribution < 1.29 is 4.74 Å². The van der Waals surface area contributed by atoms with E-state index in [9.17, 15) is 0 Å². The molecular formula is C19H30IN3O. The molecular weight excluding hydrogens is 413 g/mol. The van der Waals surface area contributed by atoms with Gasteiger partial charge in [-0.15, -0.1) is 24.0 Å². The van der Waals surface area contributed by atoms with Crippen molar-refractivity contribution in [3.63, 3.8) is 0 Å². The minimum absolute atomic E-state index is 0. The lowest BCUT2D eigenvalue weighted by Crippen LogP contribution is -2.41. The molecule has 2 heterocycles. The molecule has 5 heteroatoms. The summed E-state index contributed by atoms with van der Waals surface area (Å²) >= 11 is 0. The van der Waals surface area contributed by atoms with Crippen LogP contribution in [0.1, 0.15) is 36.5 Å². The standard InChI is InChI=1S/C19H29N3O.HI/c1-4-20-18(21-12-17-6-5-15(2)11-16(17)3)22-9-7-19(13-22)8-10-23-14-19;/h5-6,11H,4,7-10,12-14H2,1-3H3,(H,20,21);1H. The number of hydrogen-bond donors (Lipinski definition) is 1. The zero-order valence-corrected chi connectivity index (χ0v) is 17.4. The zero-order valence-electron chi connectivity index (χ0n) is 15.1. The number of nitrogens with one attached hydrogen (secondary N) is 1. The van der Waals surface area contributed by atoms with Gasteiger partial charge >= 0.3 is 0 Å². The van der Waals surface area contributed by atoms with E-state index < -0.39 is 0 Å². The first-order chi connectivity index (χ1) is 11.1. The number of ether oxygens (including phenoxy) is 1. The van der Waals surface area contributed by atoms with Crippen molar-refractivity contribution in [1.82, 2.24) is 10.2 Å². The van der Waals surface area contributed by atoms with Gasteiger partial charge in [-0.3, -0.25) is 0 Å². The van der Waals surface area contributed by atoms with Crippen LogP contribution in [-0.4, -0.2) is 43.7 Å². The van der Waals surface area contributed by atoms with Gasteiger partial charge in [0.05, 0.1) is 13.2 Å². The summed E-state index contributed by atoms with van der Waals surface area (Å²) in [7, 11) is 0. The highest BCUT2D eigenvalue weighted by molar-refractivity contribution is 14.0. The largest absolute Gasteiger partial charge is 0.381 e. The lowest BCUT2D eigenvalue weighted by Gasteiger charge is -2.25. The first-order valence-electron chi connectivity index (χ1n) is 8.79. The Morgan fingerprint density at radius 1 is 1.33 bits per heavy atom. The molecule has 0 aromatic heterocycles. The average molecular weight is 443 g/mol. The van der Waals surface area contributed by atoms with Crippen LogP contribution in [0.25, 0.3) is 0 Å². The maximum absolute atomic E-state index is 5.64. The first-order valence-corrected chi connectivity index (χ1v) is 8.79. The van der Waals surface area contributed by atoms with Crippen LogP contribution in [0.2, 0.25) is 0 Å². The van der Waals surface area contributed by atoms with Gasteiger partial charge in [0, 0.05) is 31.7 Å². The SMILES string of the molecule is CCNC(=NCc1ccc(C)cc1C)N1CCC2(CCOC2)C1.I. The van der Waals surface area contributed by atoms with Gasteiger partial charge in [0.2, 0.25) is 0 Å². The van der Waals surface area contributed by atoms with Crippen LogP contribution in [0.5, 0.6) is 0 Å². The van der Waals surface area contributed by atoms with E-state index in [1.54, 1.807) is 0 Å². The van der Waals surface area contributed by atoms with E-state index in [-0.39, 0.29) is 24.0 Å². The normalized spacial score (nSPS) is 23.6. The van der Waals surface area contributed by atoms with E-state index in [1.165, 1.54) is 29.5 Å². The Labute approximate surface area is 163 Å². The molecule has 1 aromatic rings. The predicted octanol–water partition coefficient (Wildman–Crippen LogP) is 3.50. The topological polar surface area (TPSA) is 36.9 Å². The third-order valence-corrected chi connectivity index (χ3v) is 5.15. The summed E-state index contributed by atoms with van der Waals surface area (Å²) in [5.74, 6) is 1.05. The molecule has 2 aliphatic heterocycles. The molecule has 0 aliphatic carbocycles. The maximum atomic E-state index is 5.64. The summed E-state index contributed by atoms with van der Waals surface area (Å²) < 4.78 is 5.64. The number of hydrogen-bond acceptors (Lipinski definition) is 2. The second-order valence-electron chi connectivity index (χ2n) is 7.07. The van der Waals surface area contributed by atoms with Crippen molar-refractivity contribution in [1.29, 1.82) is 0 Å². The molecule has 1 aromatic carbocycles. The van der Waals surface area contributed by atoms with Crippen LogP contribution in [0.3, 0.4) is 0 Å². The third kappa shape index (κ3) is 4.42. The lowest BCUT2D eigenvalue weighted by atomic mass is 9.87. The summed E-state index contributed by atoms with van der Waals surface area (Å²) in [5, 5.41) is 3.47. The fourth-order valence-corrected chi connectivity index (χ4v) is 3.70. The van der Waals surface area contributed by atoms with E-state index in [4.69, 9.17) is 9.73 Å². The monoisotopic (exact) mass is 443 g/mol. The second-order valence-corrected chi connectivity index (χ2v) is 7.07. The highest BCUT2D eigenvalue weighted by Gasteiger charge is 2.42. The molecule has 0 bridgehead atoms. The summed E-state index contributed by atoms with van der Waals surface area (Å²) in [6.45, 7) is 12.1. The van der Waals surface area contributed by atoms with Crippen LogP contribution >= 0.6 is 24.0 Å². The van der Waals surface area contributed by atoms with Gasteiger partial charge in [-0.1, -0.05) is 23.8 Å².